The van der Waals surface area contributed by atoms with Gasteiger partial charge in [-0.05, 0) is 42.7 Å². The number of amides is 1. The van der Waals surface area contributed by atoms with Crippen molar-refractivity contribution in [1.82, 2.24) is 24.1 Å². The summed E-state index contributed by atoms with van der Waals surface area (Å²) >= 11 is 5.99. The summed E-state index contributed by atoms with van der Waals surface area (Å²) in [6.07, 6.45) is 0.638. The van der Waals surface area contributed by atoms with Crippen molar-refractivity contribution in [2.24, 2.45) is 5.92 Å². The minimum absolute atomic E-state index is 0.119. The molecule has 0 spiro atoms. The van der Waals surface area contributed by atoms with E-state index in [-0.39, 0.29) is 46.4 Å². The van der Waals surface area contributed by atoms with Crippen LogP contribution >= 0.6 is 11.6 Å². The van der Waals surface area contributed by atoms with E-state index in [1.165, 1.54) is 21.1 Å². The lowest BCUT2D eigenvalue weighted by Crippen LogP contribution is -2.29. The maximum absolute atomic E-state index is 13.4. The van der Waals surface area contributed by atoms with Gasteiger partial charge in [-0.2, -0.15) is 0 Å². The predicted octanol–water partition coefficient (Wildman–Crippen LogP) is 3.14. The number of ketones is 1. The van der Waals surface area contributed by atoms with Crippen molar-refractivity contribution < 1.29 is 9.59 Å². The summed E-state index contributed by atoms with van der Waals surface area (Å²) in [5, 5.41) is 7.87. The fourth-order valence-corrected chi connectivity index (χ4v) is 4.06. The third-order valence-corrected chi connectivity index (χ3v) is 5.83. The zero-order chi connectivity index (χ0) is 25.3. The van der Waals surface area contributed by atoms with Crippen LogP contribution in [0.3, 0.4) is 0 Å². The van der Waals surface area contributed by atoms with Gasteiger partial charge in [0.25, 0.3) is 11.5 Å². The molecular weight excluding hydrogens is 470 g/mol. The van der Waals surface area contributed by atoms with E-state index in [1.54, 1.807) is 30.3 Å². The summed E-state index contributed by atoms with van der Waals surface area (Å²) < 4.78 is 3.74. The average Bonchev–Trinajstić information content (AvgIpc) is 3.15. The van der Waals surface area contributed by atoms with Crippen LogP contribution in [0.5, 0.6) is 0 Å². The van der Waals surface area contributed by atoms with Crippen LogP contribution in [0.15, 0.2) is 52.1 Å². The van der Waals surface area contributed by atoms with Crippen LogP contribution in [0.4, 0.5) is 0 Å². The molecule has 0 aliphatic carbocycles. The highest BCUT2D eigenvalue weighted by Crippen LogP contribution is 2.16. The zero-order valence-electron chi connectivity index (χ0n) is 19.7. The van der Waals surface area contributed by atoms with Crippen LogP contribution in [0.1, 0.15) is 47.9 Å². The second-order valence-corrected chi connectivity index (χ2v) is 9.24. The molecule has 1 N–H and O–H groups in total. The number of benzene rings is 2. The van der Waals surface area contributed by atoms with Gasteiger partial charge in [0.2, 0.25) is 5.78 Å². The summed E-state index contributed by atoms with van der Waals surface area (Å²) in [5.74, 6) is -0.262. The van der Waals surface area contributed by atoms with Gasteiger partial charge >= 0.3 is 5.69 Å². The lowest BCUT2D eigenvalue weighted by atomic mass is 10.1. The number of nitrogens with one attached hydrogen (secondary N) is 1. The standard InChI is InChI=1S/C25H26ClN5O4/c1-4-10-29-23(34)19-9-8-17(22(33)27-13-15(2)3)12-20(19)31-24(29)28-30(25(31)35)14-21(32)16-6-5-7-18(26)11-16/h5-9,11-12,15H,4,10,13-14H2,1-3H3,(H,27,33). The second kappa shape index (κ2) is 9.87. The first-order chi connectivity index (χ1) is 16.7. The van der Waals surface area contributed by atoms with Gasteiger partial charge in [0.05, 0.1) is 10.9 Å². The Balaban J connectivity index is 1.88. The molecule has 0 aliphatic rings. The van der Waals surface area contributed by atoms with Crippen LogP contribution in [0.2, 0.25) is 5.02 Å². The fraction of sp³-hybridized carbons (Fsp3) is 0.320. The summed E-state index contributed by atoms with van der Waals surface area (Å²) in [5.41, 5.74) is 0.0379. The molecule has 4 rings (SSSR count). The SMILES string of the molecule is CCCn1c(=O)c2ccc(C(=O)NCC(C)C)cc2n2c(=O)n(CC(=O)c3cccc(Cl)c3)nc12. The van der Waals surface area contributed by atoms with Gasteiger partial charge in [-0.15, -0.1) is 5.10 Å². The molecule has 0 saturated heterocycles. The van der Waals surface area contributed by atoms with Crippen molar-refractivity contribution in [2.75, 3.05) is 6.54 Å². The topological polar surface area (TPSA) is 107 Å². The molecular formula is C25H26ClN5O4. The largest absolute Gasteiger partial charge is 0.352 e. The Morgan fingerprint density at radius 1 is 1.09 bits per heavy atom. The molecule has 0 saturated carbocycles. The maximum Gasteiger partial charge on any atom is 0.352 e. The molecule has 4 aromatic rings. The summed E-state index contributed by atoms with van der Waals surface area (Å²) in [7, 11) is 0. The first-order valence-electron chi connectivity index (χ1n) is 11.4. The minimum atomic E-state index is -0.579. The summed E-state index contributed by atoms with van der Waals surface area (Å²) in [6.45, 7) is 6.39. The van der Waals surface area contributed by atoms with Crippen molar-refractivity contribution in [3.05, 3.63) is 79.5 Å². The molecule has 9 nitrogen and oxygen atoms in total. The van der Waals surface area contributed by atoms with Crippen LogP contribution < -0.4 is 16.6 Å². The third kappa shape index (κ3) is 4.77. The van der Waals surface area contributed by atoms with E-state index in [9.17, 15) is 19.2 Å². The number of hydrogen-bond acceptors (Lipinski definition) is 5. The zero-order valence-corrected chi connectivity index (χ0v) is 20.5. The van der Waals surface area contributed by atoms with Crippen molar-refractivity contribution in [3.63, 3.8) is 0 Å². The first kappa shape index (κ1) is 24.4. The number of aryl methyl sites for hydroxylation is 1. The second-order valence-electron chi connectivity index (χ2n) is 8.80. The highest BCUT2D eigenvalue weighted by atomic mass is 35.5. The molecule has 0 fully saturated rings. The molecule has 2 aromatic heterocycles. The number of Topliss-reactive ketones (excluding diaryl/α,β-unsaturated/α-hetero) is 1. The molecule has 1 amide bonds. The monoisotopic (exact) mass is 495 g/mol. The molecule has 10 heteroatoms. The number of rotatable bonds is 8. The van der Waals surface area contributed by atoms with E-state index in [2.05, 4.69) is 10.4 Å². The first-order valence-corrected chi connectivity index (χ1v) is 11.8. The summed E-state index contributed by atoms with van der Waals surface area (Å²) in [6, 6.07) is 11.1. The van der Waals surface area contributed by atoms with Gasteiger partial charge in [0.15, 0.2) is 5.78 Å². The van der Waals surface area contributed by atoms with Crippen molar-refractivity contribution in [3.8, 4) is 0 Å². The van der Waals surface area contributed by atoms with E-state index in [4.69, 9.17) is 11.6 Å². The number of aromatic nitrogens is 4. The number of fused-ring (bicyclic) bond motifs is 3. The Morgan fingerprint density at radius 2 is 1.86 bits per heavy atom. The molecule has 182 valence electrons. The fourth-order valence-electron chi connectivity index (χ4n) is 3.87. The Kier molecular flexibility index (Phi) is 6.88. The Morgan fingerprint density at radius 3 is 2.54 bits per heavy atom. The van der Waals surface area contributed by atoms with E-state index in [0.29, 0.717) is 35.7 Å². The van der Waals surface area contributed by atoms with Crippen molar-refractivity contribution in [2.45, 2.75) is 40.3 Å². The summed E-state index contributed by atoms with van der Waals surface area (Å²) in [4.78, 5) is 52.1. The van der Waals surface area contributed by atoms with Gasteiger partial charge in [-0.1, -0.05) is 44.5 Å². The van der Waals surface area contributed by atoms with Crippen LogP contribution in [0, 0.1) is 5.92 Å². The normalized spacial score (nSPS) is 11.5. The average molecular weight is 496 g/mol. The quantitative estimate of drug-likeness (QED) is 0.378. The van der Waals surface area contributed by atoms with Crippen molar-refractivity contribution in [1.29, 1.82) is 0 Å². The van der Waals surface area contributed by atoms with E-state index in [1.807, 2.05) is 20.8 Å². The molecule has 0 bridgehead atoms. The molecule has 35 heavy (non-hydrogen) atoms. The number of halogens is 1. The highest BCUT2D eigenvalue weighted by molar-refractivity contribution is 6.31. The van der Waals surface area contributed by atoms with E-state index >= 15 is 0 Å². The minimum Gasteiger partial charge on any atom is -0.352 e. The molecule has 0 aliphatic heterocycles. The maximum atomic E-state index is 13.4. The Labute approximate surface area is 205 Å². The lowest BCUT2D eigenvalue weighted by molar-refractivity contribution is 0.0946. The Bertz CT molecular complexity index is 1560. The van der Waals surface area contributed by atoms with Gasteiger partial charge in [0.1, 0.15) is 6.54 Å². The molecule has 0 radical (unpaired) electrons. The highest BCUT2D eigenvalue weighted by Gasteiger charge is 2.20. The number of hydrogen-bond donors (Lipinski definition) is 1. The number of carbonyl (C=O) groups excluding carboxylic acids is 2. The number of carbonyl (C=O) groups is 2. The van der Waals surface area contributed by atoms with Crippen LogP contribution in [0.25, 0.3) is 16.7 Å². The Hall–Kier alpha value is -3.72. The van der Waals surface area contributed by atoms with Gasteiger partial charge in [0, 0.05) is 29.2 Å². The van der Waals surface area contributed by atoms with Crippen LogP contribution in [-0.2, 0) is 13.1 Å². The molecule has 2 heterocycles. The molecule has 2 aromatic carbocycles. The van der Waals surface area contributed by atoms with E-state index < -0.39 is 5.69 Å². The van der Waals surface area contributed by atoms with Gasteiger partial charge in [-0.25, -0.2) is 13.9 Å². The third-order valence-electron chi connectivity index (χ3n) is 5.60. The predicted molar refractivity (Wildman–Crippen MR) is 134 cm³/mol. The lowest BCUT2D eigenvalue weighted by Gasteiger charge is -2.11. The smallest absolute Gasteiger partial charge is 0.352 e. The van der Waals surface area contributed by atoms with Crippen molar-refractivity contribution >= 4 is 40.0 Å². The van der Waals surface area contributed by atoms with Gasteiger partial charge in [-0.3, -0.25) is 19.0 Å². The van der Waals surface area contributed by atoms with Gasteiger partial charge < -0.3 is 5.32 Å². The van der Waals surface area contributed by atoms with E-state index in [0.717, 1.165) is 4.68 Å². The number of nitrogens with zero attached hydrogens (tertiary/aromatic N) is 4. The molecule has 0 atom stereocenters. The van der Waals surface area contributed by atoms with Crippen LogP contribution in [-0.4, -0.2) is 37.0 Å². The molecule has 0 unspecified atom stereocenters.